The molecule has 0 aromatic carbocycles. The zero-order valence-electron chi connectivity index (χ0n) is 5.46. The molecular weight excluding hydrogens is 154 g/mol. The SMILES string of the molecule is O=C1CCCCS(=O)(=O)N1. The Kier molecular flexibility index (Phi) is 1.94. The molecule has 0 bridgehead atoms. The Labute approximate surface area is 59.7 Å². The van der Waals surface area contributed by atoms with Crippen LogP contribution in [-0.2, 0) is 14.8 Å². The van der Waals surface area contributed by atoms with Gasteiger partial charge in [-0.05, 0) is 12.8 Å². The first kappa shape index (κ1) is 7.53. The molecule has 0 saturated carbocycles. The summed E-state index contributed by atoms with van der Waals surface area (Å²) < 4.78 is 23.4. The molecule has 5 heteroatoms. The van der Waals surface area contributed by atoms with Crippen molar-refractivity contribution in [3.8, 4) is 0 Å². The lowest BCUT2D eigenvalue weighted by Gasteiger charge is -1.97. The molecule has 10 heavy (non-hydrogen) atoms. The van der Waals surface area contributed by atoms with Gasteiger partial charge in [0.15, 0.2) is 0 Å². The number of amides is 1. The smallest absolute Gasteiger partial charge is 0.234 e. The van der Waals surface area contributed by atoms with Crippen molar-refractivity contribution in [3.05, 3.63) is 0 Å². The zero-order valence-corrected chi connectivity index (χ0v) is 6.28. The zero-order chi connectivity index (χ0) is 7.61. The molecule has 1 aliphatic rings. The van der Waals surface area contributed by atoms with E-state index >= 15 is 0 Å². The summed E-state index contributed by atoms with van der Waals surface area (Å²) in [5, 5.41) is 0. The van der Waals surface area contributed by atoms with Crippen LogP contribution in [-0.4, -0.2) is 20.1 Å². The van der Waals surface area contributed by atoms with Crippen LogP contribution in [0.4, 0.5) is 0 Å². The first-order valence-electron chi connectivity index (χ1n) is 3.13. The molecule has 1 aliphatic heterocycles. The first-order chi connectivity index (χ1) is 4.60. The predicted octanol–water partition coefficient (Wildman–Crippen LogP) is -0.384. The summed E-state index contributed by atoms with van der Waals surface area (Å²) >= 11 is 0. The Balaban J connectivity index is 2.73. The van der Waals surface area contributed by atoms with Crippen molar-refractivity contribution in [3.63, 3.8) is 0 Å². The van der Waals surface area contributed by atoms with E-state index in [0.29, 0.717) is 19.3 Å². The fourth-order valence-corrected chi connectivity index (χ4v) is 1.99. The highest BCUT2D eigenvalue weighted by atomic mass is 32.2. The normalized spacial score (nSPS) is 25.0. The molecule has 0 aromatic rings. The Morgan fingerprint density at radius 2 is 2.00 bits per heavy atom. The van der Waals surface area contributed by atoms with Crippen LogP contribution in [0.2, 0.25) is 0 Å². The van der Waals surface area contributed by atoms with Gasteiger partial charge in [0.2, 0.25) is 15.9 Å². The minimum atomic E-state index is -3.27. The molecule has 1 N–H and O–H groups in total. The van der Waals surface area contributed by atoms with Gasteiger partial charge in [0, 0.05) is 6.42 Å². The van der Waals surface area contributed by atoms with Gasteiger partial charge >= 0.3 is 0 Å². The Hall–Kier alpha value is -0.580. The fourth-order valence-electron chi connectivity index (χ4n) is 0.853. The molecule has 1 heterocycles. The number of nitrogens with one attached hydrogen (secondary N) is 1. The molecule has 0 unspecified atom stereocenters. The van der Waals surface area contributed by atoms with Gasteiger partial charge < -0.3 is 0 Å². The lowest BCUT2D eigenvalue weighted by Crippen LogP contribution is -2.29. The Morgan fingerprint density at radius 1 is 1.30 bits per heavy atom. The third kappa shape index (κ3) is 1.98. The highest BCUT2D eigenvalue weighted by Gasteiger charge is 2.17. The van der Waals surface area contributed by atoms with Crippen molar-refractivity contribution in [2.24, 2.45) is 0 Å². The number of hydrogen-bond acceptors (Lipinski definition) is 3. The fraction of sp³-hybridized carbons (Fsp3) is 0.800. The molecule has 0 aliphatic carbocycles. The minimum Gasteiger partial charge on any atom is -0.274 e. The van der Waals surface area contributed by atoms with Crippen molar-refractivity contribution >= 4 is 15.9 Å². The second-order valence-corrected chi connectivity index (χ2v) is 4.14. The summed E-state index contributed by atoms with van der Waals surface area (Å²) in [5.74, 6) is -0.295. The molecular formula is C5H9NO3S. The molecule has 58 valence electrons. The van der Waals surface area contributed by atoms with E-state index in [0.717, 1.165) is 0 Å². The molecule has 4 nitrogen and oxygen atoms in total. The molecule has 0 aromatic heterocycles. The summed E-state index contributed by atoms with van der Waals surface area (Å²) in [6, 6.07) is 0. The molecule has 0 radical (unpaired) electrons. The van der Waals surface area contributed by atoms with Crippen LogP contribution in [0.5, 0.6) is 0 Å². The van der Waals surface area contributed by atoms with E-state index < -0.39 is 10.0 Å². The van der Waals surface area contributed by atoms with Crippen molar-refractivity contribution < 1.29 is 13.2 Å². The highest BCUT2D eigenvalue weighted by Crippen LogP contribution is 2.03. The van der Waals surface area contributed by atoms with Gasteiger partial charge in [-0.25, -0.2) is 8.42 Å². The van der Waals surface area contributed by atoms with Crippen molar-refractivity contribution in [1.29, 1.82) is 0 Å². The monoisotopic (exact) mass is 163 g/mol. The third-order valence-corrected chi connectivity index (χ3v) is 2.70. The van der Waals surface area contributed by atoms with E-state index in [1.165, 1.54) is 0 Å². The van der Waals surface area contributed by atoms with E-state index in [9.17, 15) is 13.2 Å². The molecule has 0 atom stereocenters. The topological polar surface area (TPSA) is 63.2 Å². The van der Waals surface area contributed by atoms with Crippen LogP contribution >= 0.6 is 0 Å². The van der Waals surface area contributed by atoms with Gasteiger partial charge in [-0.3, -0.25) is 9.52 Å². The van der Waals surface area contributed by atoms with Crippen LogP contribution in [0.25, 0.3) is 0 Å². The summed E-state index contributed by atoms with van der Waals surface area (Å²) in [6.07, 6.45) is 1.59. The molecule has 1 fully saturated rings. The summed E-state index contributed by atoms with van der Waals surface area (Å²) in [6.45, 7) is 0. The van der Waals surface area contributed by atoms with E-state index in [-0.39, 0.29) is 11.7 Å². The lowest BCUT2D eigenvalue weighted by atomic mass is 10.2. The maximum Gasteiger partial charge on any atom is 0.234 e. The molecule has 1 amide bonds. The standard InChI is InChI=1S/C5H9NO3S/c7-5-3-1-2-4-10(8,9)6-5/h1-4H2,(H,6,7). The van der Waals surface area contributed by atoms with Gasteiger partial charge in [0.05, 0.1) is 5.75 Å². The summed E-state index contributed by atoms with van der Waals surface area (Å²) in [4.78, 5) is 10.6. The Morgan fingerprint density at radius 3 is 2.70 bits per heavy atom. The molecule has 0 spiro atoms. The van der Waals surface area contributed by atoms with Crippen molar-refractivity contribution in [1.82, 2.24) is 4.72 Å². The largest absolute Gasteiger partial charge is 0.274 e. The van der Waals surface area contributed by atoms with E-state index in [1.54, 1.807) is 0 Å². The second-order valence-electron chi connectivity index (χ2n) is 2.30. The van der Waals surface area contributed by atoms with Crippen molar-refractivity contribution in [2.75, 3.05) is 5.75 Å². The van der Waals surface area contributed by atoms with Crippen molar-refractivity contribution in [2.45, 2.75) is 19.3 Å². The van der Waals surface area contributed by atoms with Crippen LogP contribution in [0.15, 0.2) is 0 Å². The van der Waals surface area contributed by atoms with Gasteiger partial charge in [-0.2, -0.15) is 0 Å². The quantitative estimate of drug-likeness (QED) is 0.529. The number of sulfonamides is 1. The lowest BCUT2D eigenvalue weighted by molar-refractivity contribution is -0.119. The first-order valence-corrected chi connectivity index (χ1v) is 4.79. The van der Waals surface area contributed by atoms with E-state index in [2.05, 4.69) is 0 Å². The maximum atomic E-state index is 10.7. The van der Waals surface area contributed by atoms with Crippen LogP contribution in [0, 0.1) is 0 Å². The van der Waals surface area contributed by atoms with Gasteiger partial charge in [0.25, 0.3) is 0 Å². The minimum absolute atomic E-state index is 0.0821. The Bertz CT molecular complexity index is 231. The molecule has 1 rings (SSSR count). The summed E-state index contributed by atoms with van der Waals surface area (Å²) in [5.41, 5.74) is 0. The van der Waals surface area contributed by atoms with Crippen LogP contribution in [0.3, 0.4) is 0 Å². The highest BCUT2D eigenvalue weighted by molar-refractivity contribution is 7.90. The van der Waals surface area contributed by atoms with Gasteiger partial charge in [-0.1, -0.05) is 0 Å². The number of hydrogen-bond donors (Lipinski definition) is 1. The third-order valence-electron chi connectivity index (χ3n) is 1.34. The van der Waals surface area contributed by atoms with E-state index in [1.807, 2.05) is 4.72 Å². The molecule has 1 saturated heterocycles. The van der Waals surface area contributed by atoms with Gasteiger partial charge in [0.1, 0.15) is 0 Å². The number of carbonyl (C=O) groups excluding carboxylic acids is 1. The maximum absolute atomic E-state index is 10.7. The van der Waals surface area contributed by atoms with Crippen LogP contribution < -0.4 is 4.72 Å². The number of rotatable bonds is 0. The van der Waals surface area contributed by atoms with Crippen LogP contribution in [0.1, 0.15) is 19.3 Å². The second kappa shape index (κ2) is 2.57. The average molecular weight is 163 g/mol. The van der Waals surface area contributed by atoms with E-state index in [4.69, 9.17) is 0 Å². The van der Waals surface area contributed by atoms with Gasteiger partial charge in [-0.15, -0.1) is 0 Å². The number of carbonyl (C=O) groups is 1. The predicted molar refractivity (Wildman–Crippen MR) is 35.8 cm³/mol. The summed E-state index contributed by atoms with van der Waals surface area (Å²) in [7, 11) is -3.27. The average Bonchev–Trinajstić information content (AvgIpc) is 1.90.